The number of hydrogen-bond acceptors (Lipinski definition) is 2. The average Bonchev–Trinajstić information content (AvgIpc) is 2.09. The van der Waals surface area contributed by atoms with Crippen molar-refractivity contribution in [3.8, 4) is 0 Å². The van der Waals surface area contributed by atoms with E-state index in [9.17, 15) is 4.39 Å². The van der Waals surface area contributed by atoms with Gasteiger partial charge >= 0.3 is 0 Å². The second-order valence-corrected chi connectivity index (χ2v) is 3.46. The molecular weight excluding hydrogens is 237 g/mol. The van der Waals surface area contributed by atoms with Gasteiger partial charge in [0.05, 0.1) is 13.5 Å². The minimum Gasteiger partial charge on any atom is -0.484 e. The summed E-state index contributed by atoms with van der Waals surface area (Å²) < 4.78 is 18.5. The molecule has 1 aromatic carbocycles. The molecule has 1 aromatic rings. The predicted octanol–water partition coefficient (Wildman–Crippen LogP) is 2.75. The third kappa shape index (κ3) is 2.81. The van der Waals surface area contributed by atoms with Gasteiger partial charge in [-0.3, -0.25) is 5.41 Å². The summed E-state index contributed by atoms with van der Waals surface area (Å²) >= 11 is 3.15. The molecule has 2 nitrogen and oxygen atoms in total. The van der Waals surface area contributed by atoms with Gasteiger partial charge in [-0.25, -0.2) is 4.39 Å². The minimum absolute atomic E-state index is 0.0567. The lowest BCUT2D eigenvalue weighted by Gasteiger charge is -2.03. The van der Waals surface area contributed by atoms with Crippen molar-refractivity contribution in [2.45, 2.75) is 6.42 Å². The van der Waals surface area contributed by atoms with Crippen LogP contribution >= 0.6 is 15.9 Å². The van der Waals surface area contributed by atoms with Crippen LogP contribution in [-0.4, -0.2) is 13.0 Å². The standard InChI is InChI=1S/C9H9BrFNO/c1-13-9(12)4-6-2-3-7(10)5-8(6)11/h2-3,5,12H,4H2,1H3. The zero-order valence-electron chi connectivity index (χ0n) is 7.10. The highest BCUT2D eigenvalue weighted by Crippen LogP contribution is 2.15. The summed E-state index contributed by atoms with van der Waals surface area (Å²) in [4.78, 5) is 0. The Morgan fingerprint density at radius 2 is 2.31 bits per heavy atom. The molecular formula is C9H9BrFNO. The molecule has 13 heavy (non-hydrogen) atoms. The lowest BCUT2D eigenvalue weighted by molar-refractivity contribution is 0.389. The Morgan fingerprint density at radius 1 is 1.62 bits per heavy atom. The summed E-state index contributed by atoms with van der Waals surface area (Å²) in [5, 5.41) is 7.22. The largest absolute Gasteiger partial charge is 0.484 e. The van der Waals surface area contributed by atoms with E-state index in [-0.39, 0.29) is 18.1 Å². The number of nitrogens with one attached hydrogen (secondary N) is 1. The topological polar surface area (TPSA) is 33.1 Å². The molecule has 0 fully saturated rings. The summed E-state index contributed by atoms with van der Waals surface area (Å²) in [6, 6.07) is 4.74. The molecule has 0 unspecified atom stereocenters. The Bertz CT molecular complexity index is 327. The number of benzene rings is 1. The second kappa shape index (κ2) is 4.37. The predicted molar refractivity (Wildman–Crippen MR) is 52.5 cm³/mol. The minimum atomic E-state index is -0.323. The van der Waals surface area contributed by atoms with Crippen molar-refractivity contribution >= 4 is 21.8 Å². The van der Waals surface area contributed by atoms with Gasteiger partial charge in [0.25, 0.3) is 0 Å². The third-order valence-electron chi connectivity index (χ3n) is 1.61. The van der Waals surface area contributed by atoms with E-state index in [1.807, 2.05) is 0 Å². The zero-order chi connectivity index (χ0) is 9.84. The first kappa shape index (κ1) is 10.2. The molecule has 0 spiro atoms. The number of hydrogen-bond donors (Lipinski definition) is 1. The van der Waals surface area contributed by atoms with Crippen LogP contribution in [0.1, 0.15) is 5.56 Å². The first-order valence-corrected chi connectivity index (χ1v) is 4.48. The lowest BCUT2D eigenvalue weighted by Crippen LogP contribution is -2.05. The van der Waals surface area contributed by atoms with Gasteiger partial charge < -0.3 is 4.74 Å². The van der Waals surface area contributed by atoms with E-state index in [1.54, 1.807) is 12.1 Å². The van der Waals surface area contributed by atoms with Crippen LogP contribution in [0.3, 0.4) is 0 Å². The summed E-state index contributed by atoms with van der Waals surface area (Å²) in [5.74, 6) is -0.266. The summed E-state index contributed by atoms with van der Waals surface area (Å²) in [6.45, 7) is 0. The molecule has 0 aliphatic rings. The highest BCUT2D eigenvalue weighted by atomic mass is 79.9. The number of rotatable bonds is 2. The quantitative estimate of drug-likeness (QED) is 0.631. The van der Waals surface area contributed by atoms with Crippen molar-refractivity contribution < 1.29 is 9.13 Å². The van der Waals surface area contributed by atoms with Crippen LogP contribution < -0.4 is 0 Å². The molecule has 0 aliphatic carbocycles. The Balaban J connectivity index is 2.83. The third-order valence-corrected chi connectivity index (χ3v) is 2.11. The van der Waals surface area contributed by atoms with Gasteiger partial charge in [-0.2, -0.15) is 0 Å². The maximum atomic E-state index is 13.2. The fourth-order valence-corrected chi connectivity index (χ4v) is 1.24. The van der Waals surface area contributed by atoms with Crippen molar-refractivity contribution in [2.24, 2.45) is 0 Å². The molecule has 0 saturated heterocycles. The molecule has 0 radical (unpaired) electrons. The molecule has 0 aliphatic heterocycles. The van der Waals surface area contributed by atoms with Crippen LogP contribution in [0.2, 0.25) is 0 Å². The SMILES string of the molecule is COC(=N)Cc1ccc(Br)cc1F. The van der Waals surface area contributed by atoms with E-state index in [4.69, 9.17) is 5.41 Å². The van der Waals surface area contributed by atoms with E-state index in [2.05, 4.69) is 20.7 Å². The van der Waals surface area contributed by atoms with Crippen LogP contribution in [0.4, 0.5) is 4.39 Å². The molecule has 0 amide bonds. The highest BCUT2D eigenvalue weighted by molar-refractivity contribution is 9.10. The molecule has 0 saturated carbocycles. The monoisotopic (exact) mass is 245 g/mol. The summed E-state index contributed by atoms with van der Waals surface area (Å²) in [7, 11) is 1.40. The van der Waals surface area contributed by atoms with E-state index in [0.29, 0.717) is 10.0 Å². The van der Waals surface area contributed by atoms with E-state index >= 15 is 0 Å². The normalized spacial score (nSPS) is 9.77. The van der Waals surface area contributed by atoms with Crippen LogP contribution in [0, 0.1) is 11.2 Å². The van der Waals surface area contributed by atoms with Crippen molar-refractivity contribution in [3.05, 3.63) is 34.1 Å². The smallest absolute Gasteiger partial charge is 0.184 e. The van der Waals surface area contributed by atoms with Gasteiger partial charge in [0.15, 0.2) is 5.90 Å². The van der Waals surface area contributed by atoms with E-state index < -0.39 is 0 Å². The van der Waals surface area contributed by atoms with Gasteiger partial charge in [-0.1, -0.05) is 22.0 Å². The zero-order valence-corrected chi connectivity index (χ0v) is 8.69. The van der Waals surface area contributed by atoms with Crippen molar-refractivity contribution in [2.75, 3.05) is 7.11 Å². The molecule has 0 atom stereocenters. The second-order valence-electron chi connectivity index (χ2n) is 2.54. The summed E-state index contributed by atoms with van der Waals surface area (Å²) in [5.41, 5.74) is 0.468. The van der Waals surface area contributed by atoms with Crippen molar-refractivity contribution in [1.82, 2.24) is 0 Å². The summed E-state index contributed by atoms with van der Waals surface area (Å²) in [6.07, 6.45) is 0.190. The molecule has 70 valence electrons. The molecule has 1 rings (SSSR count). The molecule has 1 N–H and O–H groups in total. The van der Waals surface area contributed by atoms with Crippen LogP contribution in [0.25, 0.3) is 0 Å². The first-order chi connectivity index (χ1) is 6.13. The fraction of sp³-hybridized carbons (Fsp3) is 0.222. The van der Waals surface area contributed by atoms with Crippen LogP contribution in [-0.2, 0) is 11.2 Å². The Labute approximate surface area is 84.4 Å². The fourth-order valence-electron chi connectivity index (χ4n) is 0.910. The van der Waals surface area contributed by atoms with E-state index in [0.717, 1.165) is 0 Å². The molecule has 0 bridgehead atoms. The Hall–Kier alpha value is -0.900. The van der Waals surface area contributed by atoms with Crippen LogP contribution in [0.15, 0.2) is 22.7 Å². The Kier molecular flexibility index (Phi) is 3.42. The first-order valence-electron chi connectivity index (χ1n) is 3.69. The van der Waals surface area contributed by atoms with Gasteiger partial charge in [0.1, 0.15) is 5.82 Å². The number of methoxy groups -OCH3 is 1. The highest BCUT2D eigenvalue weighted by Gasteiger charge is 2.05. The molecule has 0 heterocycles. The van der Waals surface area contributed by atoms with Gasteiger partial charge in [0, 0.05) is 4.47 Å². The van der Waals surface area contributed by atoms with Crippen molar-refractivity contribution in [1.29, 1.82) is 5.41 Å². The van der Waals surface area contributed by atoms with Gasteiger partial charge in [-0.05, 0) is 17.7 Å². The maximum Gasteiger partial charge on any atom is 0.184 e. The van der Waals surface area contributed by atoms with Crippen LogP contribution in [0.5, 0.6) is 0 Å². The molecule has 0 aromatic heterocycles. The maximum absolute atomic E-state index is 13.2. The number of ether oxygens (including phenoxy) is 1. The average molecular weight is 246 g/mol. The van der Waals surface area contributed by atoms with Gasteiger partial charge in [-0.15, -0.1) is 0 Å². The van der Waals surface area contributed by atoms with E-state index in [1.165, 1.54) is 13.2 Å². The number of halogens is 2. The lowest BCUT2D eigenvalue weighted by atomic mass is 10.1. The van der Waals surface area contributed by atoms with Crippen molar-refractivity contribution in [3.63, 3.8) is 0 Å². The Morgan fingerprint density at radius 3 is 2.85 bits per heavy atom. The molecule has 4 heteroatoms. The van der Waals surface area contributed by atoms with Gasteiger partial charge in [0.2, 0.25) is 0 Å².